The van der Waals surface area contributed by atoms with Crippen LogP contribution in [0, 0.1) is 0 Å². The Morgan fingerprint density at radius 2 is 2.15 bits per heavy atom. The second kappa shape index (κ2) is 7.21. The first-order valence-corrected chi connectivity index (χ1v) is 9.87. The van der Waals surface area contributed by atoms with Crippen LogP contribution in [0.2, 0.25) is 0 Å². The van der Waals surface area contributed by atoms with E-state index in [1.54, 1.807) is 24.5 Å². The van der Waals surface area contributed by atoms with Crippen LogP contribution in [0.25, 0.3) is 21.2 Å². The molecule has 6 heteroatoms. The summed E-state index contributed by atoms with van der Waals surface area (Å²) in [5, 5.41) is 16.6. The lowest BCUT2D eigenvalue weighted by atomic mass is 10.0. The Balaban J connectivity index is 1.75. The molecule has 0 unspecified atom stereocenters. The Morgan fingerprint density at radius 1 is 1.33 bits per heavy atom. The van der Waals surface area contributed by atoms with E-state index in [2.05, 4.69) is 33.8 Å². The van der Waals surface area contributed by atoms with Crippen molar-refractivity contribution in [3.8, 4) is 22.6 Å². The van der Waals surface area contributed by atoms with Gasteiger partial charge in [0.1, 0.15) is 6.61 Å². The molecule has 0 saturated carbocycles. The lowest BCUT2D eigenvalue weighted by Gasteiger charge is -2.25. The van der Waals surface area contributed by atoms with Crippen LogP contribution in [-0.4, -0.2) is 42.2 Å². The molecule has 4 rings (SSSR count). The van der Waals surface area contributed by atoms with E-state index in [0.29, 0.717) is 25.4 Å². The molecule has 0 bridgehead atoms. The molecule has 0 saturated heterocycles. The van der Waals surface area contributed by atoms with Crippen molar-refractivity contribution in [1.82, 2.24) is 10.2 Å². The van der Waals surface area contributed by atoms with Gasteiger partial charge in [0.2, 0.25) is 5.91 Å². The summed E-state index contributed by atoms with van der Waals surface area (Å²) in [6.45, 7) is 3.50. The van der Waals surface area contributed by atoms with Gasteiger partial charge in [-0.3, -0.25) is 9.69 Å². The number of ether oxygens (including phenoxy) is 1. The van der Waals surface area contributed by atoms with Gasteiger partial charge in [-0.15, -0.1) is 11.3 Å². The third-order valence-electron chi connectivity index (χ3n) is 5.11. The summed E-state index contributed by atoms with van der Waals surface area (Å²) >= 11 is 1.69. The summed E-state index contributed by atoms with van der Waals surface area (Å²) in [6, 6.07) is 11.8. The van der Waals surface area contributed by atoms with Crippen molar-refractivity contribution in [2.75, 3.05) is 20.2 Å². The number of phenolic OH excluding ortho intramolecular Hbond substituents is 1. The van der Waals surface area contributed by atoms with Crippen LogP contribution in [0.5, 0.6) is 11.5 Å². The van der Waals surface area contributed by atoms with Crippen molar-refractivity contribution in [2.45, 2.75) is 19.5 Å². The van der Waals surface area contributed by atoms with Gasteiger partial charge in [0.05, 0.1) is 6.04 Å². The van der Waals surface area contributed by atoms with Crippen LogP contribution < -0.4 is 10.1 Å². The molecule has 2 heterocycles. The molecule has 1 aliphatic rings. The summed E-state index contributed by atoms with van der Waals surface area (Å²) in [7, 11) is 1.65. The smallest absolute Gasteiger partial charge is 0.236 e. The molecule has 1 aromatic heterocycles. The van der Waals surface area contributed by atoms with Gasteiger partial charge in [0.25, 0.3) is 0 Å². The Morgan fingerprint density at radius 3 is 2.96 bits per heavy atom. The number of fused-ring (bicyclic) bond motifs is 2. The molecule has 0 aliphatic carbocycles. The first-order chi connectivity index (χ1) is 13.1. The van der Waals surface area contributed by atoms with Crippen LogP contribution >= 0.6 is 11.3 Å². The molecule has 5 nitrogen and oxygen atoms in total. The van der Waals surface area contributed by atoms with E-state index in [1.165, 1.54) is 10.1 Å². The van der Waals surface area contributed by atoms with E-state index in [9.17, 15) is 9.90 Å². The molecular weight excluding hydrogens is 360 g/mol. The largest absolute Gasteiger partial charge is 0.504 e. The number of aromatic hydroxyl groups is 1. The quantitative estimate of drug-likeness (QED) is 0.727. The number of hydrogen-bond acceptors (Lipinski definition) is 5. The highest BCUT2D eigenvalue weighted by Gasteiger charge is 2.26. The minimum atomic E-state index is -0.266. The predicted octanol–water partition coefficient (Wildman–Crippen LogP) is 3.60. The molecule has 0 fully saturated rings. The summed E-state index contributed by atoms with van der Waals surface area (Å²) in [6.07, 6.45) is 0. The monoisotopic (exact) mass is 382 g/mol. The Bertz CT molecular complexity index is 998. The number of phenols is 1. The minimum absolute atomic E-state index is 0.0253. The zero-order valence-electron chi connectivity index (χ0n) is 15.4. The molecule has 3 aromatic rings. The topological polar surface area (TPSA) is 61.8 Å². The van der Waals surface area contributed by atoms with Gasteiger partial charge in [-0.1, -0.05) is 18.2 Å². The molecular formula is C21H22N2O3S. The van der Waals surface area contributed by atoms with Crippen molar-refractivity contribution in [3.63, 3.8) is 0 Å². The zero-order valence-corrected chi connectivity index (χ0v) is 16.2. The summed E-state index contributed by atoms with van der Waals surface area (Å²) in [5.74, 6) is 0.639. The number of thiophene rings is 1. The fraction of sp³-hybridized carbons (Fsp3) is 0.286. The normalized spacial score (nSPS) is 15.6. The maximum Gasteiger partial charge on any atom is 0.236 e. The molecule has 1 atom stereocenters. The average Bonchev–Trinajstić information content (AvgIpc) is 2.99. The third kappa shape index (κ3) is 3.26. The van der Waals surface area contributed by atoms with E-state index in [4.69, 9.17) is 4.74 Å². The highest BCUT2D eigenvalue weighted by Crippen LogP contribution is 2.41. The highest BCUT2D eigenvalue weighted by molar-refractivity contribution is 7.17. The Kier molecular flexibility index (Phi) is 4.76. The van der Waals surface area contributed by atoms with E-state index in [0.717, 1.165) is 16.7 Å². The van der Waals surface area contributed by atoms with Crippen LogP contribution in [0.3, 0.4) is 0 Å². The molecule has 1 aliphatic heterocycles. The van der Waals surface area contributed by atoms with Crippen LogP contribution in [0.1, 0.15) is 12.5 Å². The molecule has 2 N–H and O–H groups in total. The molecule has 0 radical (unpaired) electrons. The highest BCUT2D eigenvalue weighted by atomic mass is 32.1. The molecule has 140 valence electrons. The lowest BCUT2D eigenvalue weighted by Crippen LogP contribution is -2.44. The van der Waals surface area contributed by atoms with Crippen LogP contribution in [0.15, 0.2) is 41.8 Å². The van der Waals surface area contributed by atoms with Crippen molar-refractivity contribution >= 4 is 27.3 Å². The number of rotatable bonds is 3. The Labute approximate surface area is 162 Å². The summed E-state index contributed by atoms with van der Waals surface area (Å²) < 4.78 is 7.03. The van der Waals surface area contributed by atoms with Crippen molar-refractivity contribution in [1.29, 1.82) is 0 Å². The maximum atomic E-state index is 12.1. The first kappa shape index (κ1) is 17.8. The van der Waals surface area contributed by atoms with E-state index in [1.807, 2.05) is 19.1 Å². The van der Waals surface area contributed by atoms with Crippen LogP contribution in [-0.2, 0) is 11.3 Å². The van der Waals surface area contributed by atoms with Gasteiger partial charge in [0, 0.05) is 41.4 Å². The number of benzene rings is 2. The van der Waals surface area contributed by atoms with Gasteiger partial charge in [0.15, 0.2) is 11.5 Å². The number of carbonyl (C=O) groups is 1. The van der Waals surface area contributed by atoms with Gasteiger partial charge in [-0.05, 0) is 36.1 Å². The zero-order chi connectivity index (χ0) is 19.0. The van der Waals surface area contributed by atoms with Crippen molar-refractivity contribution < 1.29 is 14.6 Å². The molecule has 0 spiro atoms. The van der Waals surface area contributed by atoms with E-state index in [-0.39, 0.29) is 17.7 Å². The fourth-order valence-electron chi connectivity index (χ4n) is 3.58. The number of amides is 1. The van der Waals surface area contributed by atoms with E-state index >= 15 is 0 Å². The SMILES string of the molecule is CNC(=O)[C@H](C)N1CCOc2c(O)cc(-c3csc4ccccc34)cc2C1. The molecule has 2 aromatic carbocycles. The van der Waals surface area contributed by atoms with Gasteiger partial charge in [-0.2, -0.15) is 0 Å². The predicted molar refractivity (Wildman–Crippen MR) is 108 cm³/mol. The number of nitrogens with one attached hydrogen (secondary N) is 1. The maximum absolute atomic E-state index is 12.1. The lowest BCUT2D eigenvalue weighted by molar-refractivity contribution is -0.125. The van der Waals surface area contributed by atoms with Gasteiger partial charge < -0.3 is 15.2 Å². The van der Waals surface area contributed by atoms with Crippen molar-refractivity contribution in [2.24, 2.45) is 0 Å². The second-order valence-electron chi connectivity index (χ2n) is 6.74. The van der Waals surface area contributed by atoms with E-state index < -0.39 is 0 Å². The second-order valence-corrected chi connectivity index (χ2v) is 7.65. The van der Waals surface area contributed by atoms with Crippen molar-refractivity contribution in [3.05, 3.63) is 47.3 Å². The number of nitrogens with zero attached hydrogens (tertiary/aromatic N) is 1. The summed E-state index contributed by atoms with van der Waals surface area (Å²) in [4.78, 5) is 14.1. The molecule has 1 amide bonds. The third-order valence-corrected chi connectivity index (χ3v) is 6.07. The first-order valence-electron chi connectivity index (χ1n) is 8.99. The number of likely N-dealkylation sites (N-methyl/N-ethyl adjacent to an activating group) is 1. The Hall–Kier alpha value is -2.57. The average molecular weight is 382 g/mol. The minimum Gasteiger partial charge on any atom is -0.504 e. The van der Waals surface area contributed by atoms with Crippen LogP contribution in [0.4, 0.5) is 0 Å². The van der Waals surface area contributed by atoms with Gasteiger partial charge >= 0.3 is 0 Å². The number of carbonyl (C=O) groups excluding carboxylic acids is 1. The summed E-state index contributed by atoms with van der Waals surface area (Å²) in [5.41, 5.74) is 2.96. The fourth-order valence-corrected chi connectivity index (χ4v) is 4.55. The van der Waals surface area contributed by atoms with Gasteiger partial charge in [-0.25, -0.2) is 0 Å². The standard InChI is InChI=1S/C21H22N2O3S/c1-13(21(25)22-2)23-7-8-26-20-15(11-23)9-14(10-18(20)24)17-12-27-19-6-4-3-5-16(17)19/h3-6,9-10,12-13,24H,7-8,11H2,1-2H3,(H,22,25)/t13-/m0/s1. The number of hydrogen-bond donors (Lipinski definition) is 2. The molecule has 27 heavy (non-hydrogen) atoms.